The van der Waals surface area contributed by atoms with E-state index in [9.17, 15) is 26.4 Å². The normalized spacial score (nSPS) is 16.0. The number of halogens is 3. The minimum absolute atomic E-state index is 0.00692. The van der Waals surface area contributed by atoms with Crippen LogP contribution in [0.4, 0.5) is 29.3 Å². The van der Waals surface area contributed by atoms with Gasteiger partial charge in [-0.25, -0.2) is 23.7 Å². The lowest BCUT2D eigenvalue weighted by Gasteiger charge is -2.21. The number of ether oxygens (including phenoxy) is 1. The Hall–Kier alpha value is -3.78. The van der Waals surface area contributed by atoms with Gasteiger partial charge >= 0.3 is 12.2 Å². The molecule has 2 amide bonds. The zero-order valence-electron chi connectivity index (χ0n) is 18.9. The number of nitrogens with zero attached hydrogens (tertiary/aromatic N) is 3. The summed E-state index contributed by atoms with van der Waals surface area (Å²) in [7, 11) is -2.82. The summed E-state index contributed by atoms with van der Waals surface area (Å²) >= 11 is 0. The van der Waals surface area contributed by atoms with Crippen molar-refractivity contribution in [3.05, 3.63) is 60.6 Å². The standard InChI is InChI=1S/C22H22F3N5O5S/c1-29(36(33,34)17-5-2-15(3-6-17)26-21(31)28-32)16-4-7-19-18(12-16)27-20(22(23,24)25)30(19)13-14-8-10-35-11-9-14/h2-8,10,12,14,32H,9,11,13H2,1H3,(H2,26,28,31). The van der Waals surface area contributed by atoms with Crippen molar-refractivity contribution in [2.75, 3.05) is 23.3 Å². The molecule has 192 valence electrons. The average Bonchev–Trinajstić information content (AvgIpc) is 3.22. The van der Waals surface area contributed by atoms with E-state index in [0.29, 0.717) is 13.0 Å². The molecule has 4 rings (SSSR count). The van der Waals surface area contributed by atoms with E-state index in [0.717, 1.165) is 8.87 Å². The summed E-state index contributed by atoms with van der Waals surface area (Å²) in [4.78, 5) is 14.8. The van der Waals surface area contributed by atoms with E-state index in [2.05, 4.69) is 10.3 Å². The van der Waals surface area contributed by atoms with Gasteiger partial charge in [0.15, 0.2) is 0 Å². The van der Waals surface area contributed by atoms with Crippen LogP contribution < -0.4 is 15.1 Å². The van der Waals surface area contributed by atoms with Gasteiger partial charge in [-0.2, -0.15) is 13.2 Å². The summed E-state index contributed by atoms with van der Waals surface area (Å²) in [6.45, 7) is 0.459. The van der Waals surface area contributed by atoms with Crippen LogP contribution in [-0.4, -0.2) is 42.9 Å². The third kappa shape index (κ3) is 5.09. The maximum absolute atomic E-state index is 13.8. The molecule has 14 heteroatoms. The molecule has 1 atom stereocenters. The molecule has 2 aromatic carbocycles. The Kier molecular flexibility index (Phi) is 6.82. The van der Waals surface area contributed by atoms with Crippen molar-refractivity contribution in [3.63, 3.8) is 0 Å². The van der Waals surface area contributed by atoms with Crippen LogP contribution in [0.1, 0.15) is 12.2 Å². The number of hydroxylamine groups is 1. The Morgan fingerprint density at radius 1 is 1.25 bits per heavy atom. The van der Waals surface area contributed by atoms with Crippen molar-refractivity contribution in [2.24, 2.45) is 5.92 Å². The van der Waals surface area contributed by atoms with Crippen LogP contribution in [0, 0.1) is 5.92 Å². The fourth-order valence-corrected chi connectivity index (χ4v) is 5.01. The lowest BCUT2D eigenvalue weighted by molar-refractivity contribution is -0.147. The first-order chi connectivity index (χ1) is 17.0. The first-order valence-corrected chi connectivity index (χ1v) is 12.1. The van der Waals surface area contributed by atoms with Crippen molar-refractivity contribution in [3.8, 4) is 0 Å². The molecule has 0 saturated carbocycles. The van der Waals surface area contributed by atoms with Gasteiger partial charge in [-0.15, -0.1) is 0 Å². The number of sulfonamides is 1. The fraction of sp³-hybridized carbons (Fsp3) is 0.273. The number of allylic oxidation sites excluding steroid dienone is 1. The van der Waals surface area contributed by atoms with Crippen LogP contribution in [0.5, 0.6) is 0 Å². The maximum Gasteiger partial charge on any atom is 0.449 e. The number of aromatic nitrogens is 2. The van der Waals surface area contributed by atoms with Crippen LogP contribution in [0.25, 0.3) is 11.0 Å². The number of amides is 2. The topological polar surface area (TPSA) is 126 Å². The van der Waals surface area contributed by atoms with E-state index in [4.69, 9.17) is 9.94 Å². The number of fused-ring (bicyclic) bond motifs is 1. The highest BCUT2D eigenvalue weighted by Gasteiger charge is 2.38. The number of rotatable bonds is 6. The molecule has 0 spiro atoms. The summed E-state index contributed by atoms with van der Waals surface area (Å²) < 4.78 is 74.7. The number of urea groups is 1. The van der Waals surface area contributed by atoms with Gasteiger partial charge in [-0.1, -0.05) is 0 Å². The number of carbonyl (C=O) groups excluding carboxylic acids is 1. The Bertz CT molecular complexity index is 1400. The molecule has 0 fully saturated rings. The molecular formula is C22H22F3N5O5S. The van der Waals surface area contributed by atoms with E-state index in [1.807, 2.05) is 0 Å². The lowest BCUT2D eigenvalue weighted by Crippen LogP contribution is -2.27. The molecule has 3 aromatic rings. The number of hydrogen-bond donors (Lipinski definition) is 3. The van der Waals surface area contributed by atoms with Crippen LogP contribution in [0.2, 0.25) is 0 Å². The molecular weight excluding hydrogens is 503 g/mol. The predicted octanol–water partition coefficient (Wildman–Crippen LogP) is 3.94. The monoisotopic (exact) mass is 525 g/mol. The predicted molar refractivity (Wildman–Crippen MR) is 124 cm³/mol. The highest BCUT2D eigenvalue weighted by molar-refractivity contribution is 7.92. The Morgan fingerprint density at radius 3 is 2.58 bits per heavy atom. The number of alkyl halides is 3. The van der Waals surface area contributed by atoms with Crippen molar-refractivity contribution in [1.82, 2.24) is 15.0 Å². The van der Waals surface area contributed by atoms with Crippen LogP contribution in [-0.2, 0) is 27.5 Å². The summed E-state index contributed by atoms with van der Waals surface area (Å²) in [5, 5.41) is 10.8. The van der Waals surface area contributed by atoms with Gasteiger partial charge in [0.2, 0.25) is 5.82 Å². The van der Waals surface area contributed by atoms with E-state index in [-0.39, 0.29) is 39.8 Å². The van der Waals surface area contributed by atoms with Gasteiger partial charge in [0.25, 0.3) is 10.0 Å². The van der Waals surface area contributed by atoms with Crippen LogP contribution in [0.3, 0.4) is 0 Å². The summed E-state index contributed by atoms with van der Waals surface area (Å²) in [5.41, 5.74) is 1.97. The van der Waals surface area contributed by atoms with Gasteiger partial charge in [0.05, 0.1) is 34.5 Å². The number of carbonyl (C=O) groups is 1. The van der Waals surface area contributed by atoms with Gasteiger partial charge in [-0.05, 0) is 55.0 Å². The summed E-state index contributed by atoms with van der Waals surface area (Å²) in [6.07, 6.45) is -0.954. The van der Waals surface area contributed by atoms with Gasteiger partial charge in [-0.3, -0.25) is 9.51 Å². The molecule has 1 unspecified atom stereocenters. The highest BCUT2D eigenvalue weighted by atomic mass is 32.2. The first-order valence-electron chi connectivity index (χ1n) is 10.7. The number of nitrogens with one attached hydrogen (secondary N) is 2. The lowest BCUT2D eigenvalue weighted by atomic mass is 10.0. The zero-order chi connectivity index (χ0) is 26.1. The van der Waals surface area contributed by atoms with Crippen molar-refractivity contribution >= 4 is 38.5 Å². The maximum atomic E-state index is 13.8. The van der Waals surface area contributed by atoms with E-state index >= 15 is 0 Å². The minimum atomic E-state index is -4.70. The molecule has 3 N–H and O–H groups in total. The average molecular weight is 526 g/mol. The second-order valence-electron chi connectivity index (χ2n) is 8.03. The third-order valence-corrected chi connectivity index (χ3v) is 7.49. The van der Waals surface area contributed by atoms with Gasteiger partial charge in [0, 0.05) is 25.2 Å². The largest absolute Gasteiger partial charge is 0.501 e. The highest BCUT2D eigenvalue weighted by Crippen LogP contribution is 2.34. The second-order valence-corrected chi connectivity index (χ2v) is 10.00. The van der Waals surface area contributed by atoms with Crippen LogP contribution >= 0.6 is 0 Å². The van der Waals surface area contributed by atoms with Crippen LogP contribution in [0.15, 0.2) is 59.7 Å². The van der Waals surface area contributed by atoms with E-state index < -0.39 is 28.1 Å². The quantitative estimate of drug-likeness (QED) is 0.331. The fourth-order valence-electron chi connectivity index (χ4n) is 3.82. The zero-order valence-corrected chi connectivity index (χ0v) is 19.7. The molecule has 0 radical (unpaired) electrons. The molecule has 1 aliphatic rings. The van der Waals surface area contributed by atoms with E-state index in [1.165, 1.54) is 61.3 Å². The summed E-state index contributed by atoms with van der Waals surface area (Å²) in [6, 6.07) is 8.36. The van der Waals surface area contributed by atoms with Crippen molar-refractivity contribution < 1.29 is 36.3 Å². The third-order valence-electron chi connectivity index (χ3n) is 5.69. The molecule has 0 aliphatic carbocycles. The SMILES string of the molecule is CN(c1ccc2c(c1)nc(C(F)(F)F)n2CC1C=COCC1)S(=O)(=O)c1ccc(NC(=O)NO)cc1. The minimum Gasteiger partial charge on any atom is -0.501 e. The molecule has 2 heterocycles. The Labute approximate surface area is 204 Å². The Balaban J connectivity index is 1.66. The molecule has 36 heavy (non-hydrogen) atoms. The number of imidazole rings is 1. The molecule has 1 aromatic heterocycles. The van der Waals surface area contributed by atoms with Crippen molar-refractivity contribution in [2.45, 2.75) is 24.0 Å². The van der Waals surface area contributed by atoms with Crippen molar-refractivity contribution in [1.29, 1.82) is 0 Å². The Morgan fingerprint density at radius 2 is 1.97 bits per heavy atom. The first kappa shape index (κ1) is 25.3. The molecule has 0 bridgehead atoms. The molecule has 1 aliphatic heterocycles. The number of hydrogen-bond acceptors (Lipinski definition) is 6. The number of benzene rings is 2. The second kappa shape index (κ2) is 9.70. The molecule has 0 saturated heterocycles. The summed E-state index contributed by atoms with van der Waals surface area (Å²) in [5.74, 6) is -1.23. The molecule has 10 nitrogen and oxygen atoms in total. The number of anilines is 2. The van der Waals surface area contributed by atoms with E-state index in [1.54, 1.807) is 6.08 Å². The van der Waals surface area contributed by atoms with Gasteiger partial charge < -0.3 is 14.6 Å². The smallest absolute Gasteiger partial charge is 0.449 e. The van der Waals surface area contributed by atoms with Gasteiger partial charge in [0.1, 0.15) is 0 Å².